The molecule has 0 N–H and O–H groups in total. The molecule has 0 saturated carbocycles. The molecule has 0 aliphatic carbocycles. The second-order valence-corrected chi connectivity index (χ2v) is 26.8. The molecular formula is C84H46OS3. The number of hydrogen-bond acceptors (Lipinski definition) is 4. The molecule has 0 atom stereocenters. The quantitative estimate of drug-likeness (QED) is 0.157. The predicted molar refractivity (Wildman–Crippen MR) is 385 cm³/mol. The van der Waals surface area contributed by atoms with Gasteiger partial charge in [-0.3, -0.25) is 0 Å². The van der Waals surface area contributed by atoms with Crippen LogP contribution in [-0.4, -0.2) is 0 Å². The standard InChI is InChI=1S/C84H46OS3/c1-2-15-55-47(14-1)30-36-66-71-45-52(34-40-76(71)87-83(55)66)80-59-19-5-3-17-57(59)78(58-18-4-6-20-60(58)80)50-32-38-73-69(43-50)65-26-13-25-54(82(65)85-73)49-29-28-48-31-37-67-72-46-53(35-41-77(72)88-84(67)68(48)42-49)81-63-23-9-7-21-61(63)79(62-22-8-10-24-64(62)81)51-33-39-75-70(44-51)56-16-11-12-27-74(56)86-75/h1-46H. The summed E-state index contributed by atoms with van der Waals surface area (Å²) < 4.78 is 14.9. The smallest absolute Gasteiger partial charge is 0.143 e. The Hall–Kier alpha value is -10.5. The van der Waals surface area contributed by atoms with E-state index in [1.807, 2.05) is 34.0 Å². The first-order chi connectivity index (χ1) is 43.6. The number of hydrogen-bond donors (Lipinski definition) is 0. The van der Waals surface area contributed by atoms with Gasteiger partial charge in [-0.2, -0.15) is 0 Å². The van der Waals surface area contributed by atoms with E-state index in [2.05, 4.69) is 279 Å². The lowest BCUT2D eigenvalue weighted by molar-refractivity contribution is 0.670. The Kier molecular flexibility index (Phi) is 10.3. The summed E-state index contributed by atoms with van der Waals surface area (Å²) in [6, 6.07) is 105. The SMILES string of the molecule is c1ccc2c(c1)ccc1c3cc(-c4c5ccccc5c(-c5ccc6oc7c(-c8ccc9ccc%10c%11cc(-c%12c%13ccccc%13c(-c%13ccc%14sc%15ccccc%15c%14c%13)c%13ccccc%12%13)ccc%11sc%10c9c8)cccc7c6c5)c5ccccc45)ccc3sc21. The van der Waals surface area contributed by atoms with Crippen molar-refractivity contribution in [2.75, 3.05) is 0 Å². The second-order valence-electron chi connectivity index (χ2n) is 23.7. The van der Waals surface area contributed by atoms with Gasteiger partial charge in [-0.25, -0.2) is 0 Å². The summed E-state index contributed by atoms with van der Waals surface area (Å²) in [5.74, 6) is 0. The number of para-hydroxylation sites is 1. The maximum atomic E-state index is 6.99. The van der Waals surface area contributed by atoms with E-state index < -0.39 is 0 Å². The summed E-state index contributed by atoms with van der Waals surface area (Å²) in [5, 5.41) is 25.1. The molecule has 0 amide bonds. The summed E-state index contributed by atoms with van der Waals surface area (Å²) in [7, 11) is 0. The van der Waals surface area contributed by atoms with Gasteiger partial charge in [0.05, 0.1) is 0 Å². The van der Waals surface area contributed by atoms with Crippen LogP contribution in [-0.2, 0) is 0 Å². The first-order valence-electron chi connectivity index (χ1n) is 30.1. The fourth-order valence-corrected chi connectivity index (χ4v) is 18.6. The third-order valence-corrected chi connectivity index (χ3v) is 22.6. The lowest BCUT2D eigenvalue weighted by Gasteiger charge is -2.18. The average Bonchev–Trinajstić information content (AvgIpc) is 1.13. The lowest BCUT2D eigenvalue weighted by Crippen LogP contribution is -1.90. The molecule has 20 rings (SSSR count). The molecule has 0 aliphatic rings. The Bertz CT molecular complexity index is 6330. The van der Waals surface area contributed by atoms with E-state index in [9.17, 15) is 0 Å². The number of furan rings is 1. The first-order valence-corrected chi connectivity index (χ1v) is 32.6. The van der Waals surface area contributed by atoms with Crippen molar-refractivity contribution in [3.8, 4) is 55.6 Å². The molecule has 4 heteroatoms. The maximum absolute atomic E-state index is 6.99. The van der Waals surface area contributed by atoms with E-state index in [1.165, 1.54) is 170 Å². The van der Waals surface area contributed by atoms with E-state index in [1.54, 1.807) is 0 Å². The molecule has 406 valence electrons. The zero-order chi connectivity index (χ0) is 57.3. The third-order valence-electron chi connectivity index (χ3n) is 19.0. The van der Waals surface area contributed by atoms with Crippen molar-refractivity contribution >= 4 is 181 Å². The molecule has 0 fully saturated rings. The Morgan fingerprint density at radius 2 is 0.568 bits per heavy atom. The normalized spacial score (nSPS) is 12.3. The van der Waals surface area contributed by atoms with Gasteiger partial charge in [0.2, 0.25) is 0 Å². The van der Waals surface area contributed by atoms with Crippen LogP contribution in [0.2, 0.25) is 0 Å². The largest absolute Gasteiger partial charge is 0.455 e. The van der Waals surface area contributed by atoms with Gasteiger partial charge in [0, 0.05) is 82.2 Å². The summed E-state index contributed by atoms with van der Waals surface area (Å²) >= 11 is 5.67. The molecule has 0 saturated heterocycles. The van der Waals surface area contributed by atoms with Crippen LogP contribution >= 0.6 is 34.0 Å². The number of thiophene rings is 3. The Balaban J connectivity index is 0.700. The number of rotatable bonds is 5. The predicted octanol–water partition coefficient (Wildman–Crippen LogP) is 25.9. The maximum Gasteiger partial charge on any atom is 0.143 e. The van der Waals surface area contributed by atoms with Crippen LogP contribution in [0.1, 0.15) is 0 Å². The van der Waals surface area contributed by atoms with Crippen molar-refractivity contribution in [3.05, 3.63) is 279 Å². The Morgan fingerprint density at radius 1 is 0.205 bits per heavy atom. The first kappa shape index (κ1) is 48.7. The van der Waals surface area contributed by atoms with Crippen molar-refractivity contribution in [1.82, 2.24) is 0 Å². The minimum Gasteiger partial charge on any atom is -0.455 e. The van der Waals surface area contributed by atoms with Crippen LogP contribution in [0.3, 0.4) is 0 Å². The monoisotopic (exact) mass is 1170 g/mol. The molecule has 4 aromatic heterocycles. The van der Waals surface area contributed by atoms with Gasteiger partial charge in [0.25, 0.3) is 0 Å². The molecule has 0 spiro atoms. The van der Waals surface area contributed by atoms with Gasteiger partial charge in [-0.05, 0) is 170 Å². The molecule has 20 aromatic rings. The molecular weight excluding hydrogens is 1120 g/mol. The van der Waals surface area contributed by atoms with Gasteiger partial charge >= 0.3 is 0 Å². The van der Waals surface area contributed by atoms with Crippen LogP contribution in [0.25, 0.3) is 203 Å². The van der Waals surface area contributed by atoms with E-state index in [-0.39, 0.29) is 0 Å². The average molecular weight is 1170 g/mol. The van der Waals surface area contributed by atoms with Crippen LogP contribution in [0.5, 0.6) is 0 Å². The number of benzene rings is 16. The molecule has 0 radical (unpaired) electrons. The van der Waals surface area contributed by atoms with Crippen molar-refractivity contribution in [3.63, 3.8) is 0 Å². The molecule has 0 aliphatic heterocycles. The molecule has 4 heterocycles. The molecule has 16 aromatic carbocycles. The van der Waals surface area contributed by atoms with Gasteiger partial charge in [-0.15, -0.1) is 34.0 Å². The van der Waals surface area contributed by atoms with Crippen molar-refractivity contribution in [2.45, 2.75) is 0 Å². The molecule has 88 heavy (non-hydrogen) atoms. The molecule has 1 nitrogen and oxygen atoms in total. The van der Waals surface area contributed by atoms with Gasteiger partial charge in [0.15, 0.2) is 0 Å². The van der Waals surface area contributed by atoms with E-state index in [0.29, 0.717) is 0 Å². The fourth-order valence-electron chi connectivity index (χ4n) is 15.1. The zero-order valence-electron chi connectivity index (χ0n) is 47.2. The van der Waals surface area contributed by atoms with E-state index in [0.717, 1.165) is 33.1 Å². The summed E-state index contributed by atoms with van der Waals surface area (Å²) in [6.45, 7) is 0. The highest BCUT2D eigenvalue weighted by molar-refractivity contribution is 7.27. The Morgan fingerprint density at radius 3 is 1.10 bits per heavy atom. The number of fused-ring (bicyclic) bond motifs is 20. The summed E-state index contributed by atoms with van der Waals surface area (Å²) in [4.78, 5) is 0. The third kappa shape index (κ3) is 7.02. The topological polar surface area (TPSA) is 13.1 Å². The minimum atomic E-state index is 0.882. The van der Waals surface area contributed by atoms with Crippen molar-refractivity contribution < 1.29 is 4.42 Å². The van der Waals surface area contributed by atoms with Gasteiger partial charge in [0.1, 0.15) is 11.2 Å². The lowest BCUT2D eigenvalue weighted by atomic mass is 9.85. The van der Waals surface area contributed by atoms with Crippen LogP contribution in [0, 0.1) is 0 Å². The molecule has 0 unspecified atom stereocenters. The highest BCUT2D eigenvalue weighted by Crippen LogP contribution is 2.51. The van der Waals surface area contributed by atoms with Crippen LogP contribution < -0.4 is 0 Å². The Labute approximate surface area is 516 Å². The van der Waals surface area contributed by atoms with Gasteiger partial charge in [-0.1, -0.05) is 218 Å². The van der Waals surface area contributed by atoms with Gasteiger partial charge < -0.3 is 4.42 Å². The van der Waals surface area contributed by atoms with Crippen molar-refractivity contribution in [1.29, 1.82) is 0 Å². The fraction of sp³-hybridized carbons (Fsp3) is 0. The van der Waals surface area contributed by atoms with Crippen LogP contribution in [0.15, 0.2) is 283 Å². The molecule has 0 bridgehead atoms. The van der Waals surface area contributed by atoms with E-state index in [4.69, 9.17) is 4.42 Å². The second kappa shape index (κ2) is 18.5. The zero-order valence-corrected chi connectivity index (χ0v) is 49.6. The van der Waals surface area contributed by atoms with Crippen LogP contribution in [0.4, 0.5) is 0 Å². The summed E-state index contributed by atoms with van der Waals surface area (Å²) in [5.41, 5.74) is 14.0. The van der Waals surface area contributed by atoms with Crippen molar-refractivity contribution in [2.24, 2.45) is 0 Å². The highest BCUT2D eigenvalue weighted by atomic mass is 32.1. The van der Waals surface area contributed by atoms with E-state index >= 15 is 0 Å². The highest BCUT2D eigenvalue weighted by Gasteiger charge is 2.23. The minimum absolute atomic E-state index is 0.882. The summed E-state index contributed by atoms with van der Waals surface area (Å²) in [6.07, 6.45) is 0.